The molecule has 0 saturated carbocycles. The SMILES string of the molecule is CCOC(=O)c1ncn2cccc(Cl)c12. The van der Waals surface area contributed by atoms with Gasteiger partial charge in [-0.25, -0.2) is 9.78 Å². The van der Waals surface area contributed by atoms with E-state index in [0.717, 1.165) is 0 Å². The van der Waals surface area contributed by atoms with Gasteiger partial charge in [0.25, 0.3) is 0 Å². The van der Waals surface area contributed by atoms with E-state index in [9.17, 15) is 4.79 Å². The predicted octanol–water partition coefficient (Wildman–Crippen LogP) is 2.16. The van der Waals surface area contributed by atoms with Crippen LogP contribution in [0.3, 0.4) is 0 Å². The number of aromatic nitrogens is 2. The third kappa shape index (κ3) is 1.68. The van der Waals surface area contributed by atoms with Gasteiger partial charge in [-0.3, -0.25) is 0 Å². The molecular formula is C10H9ClN2O2. The van der Waals surface area contributed by atoms with Gasteiger partial charge < -0.3 is 9.14 Å². The summed E-state index contributed by atoms with van der Waals surface area (Å²) in [5.41, 5.74) is 0.833. The lowest BCUT2D eigenvalue weighted by molar-refractivity contribution is 0.0522. The summed E-state index contributed by atoms with van der Waals surface area (Å²) in [6.07, 6.45) is 3.31. The van der Waals surface area contributed by atoms with Gasteiger partial charge in [-0.2, -0.15) is 0 Å². The Morgan fingerprint density at radius 1 is 1.67 bits per heavy atom. The number of ether oxygens (including phenoxy) is 1. The number of nitrogens with zero attached hydrogens (tertiary/aromatic N) is 2. The molecule has 2 aromatic rings. The number of hydrogen-bond donors (Lipinski definition) is 0. The number of halogens is 1. The summed E-state index contributed by atoms with van der Waals surface area (Å²) in [6, 6.07) is 3.49. The van der Waals surface area contributed by atoms with Crippen LogP contribution in [0, 0.1) is 0 Å². The molecule has 0 N–H and O–H groups in total. The van der Waals surface area contributed by atoms with E-state index in [1.54, 1.807) is 29.7 Å². The van der Waals surface area contributed by atoms with Gasteiger partial charge in [0.05, 0.1) is 17.1 Å². The van der Waals surface area contributed by atoms with E-state index in [1.807, 2.05) is 0 Å². The molecule has 0 fully saturated rings. The Morgan fingerprint density at radius 3 is 3.20 bits per heavy atom. The minimum absolute atomic E-state index is 0.252. The van der Waals surface area contributed by atoms with E-state index in [4.69, 9.17) is 16.3 Å². The van der Waals surface area contributed by atoms with Crippen LogP contribution in [0.1, 0.15) is 17.4 Å². The Labute approximate surface area is 91.4 Å². The maximum Gasteiger partial charge on any atom is 0.359 e. The molecule has 0 unspecified atom stereocenters. The Bertz CT molecular complexity index is 507. The Hall–Kier alpha value is -1.55. The van der Waals surface area contributed by atoms with E-state index in [1.165, 1.54) is 6.33 Å². The number of rotatable bonds is 2. The van der Waals surface area contributed by atoms with Crippen molar-refractivity contribution in [2.24, 2.45) is 0 Å². The topological polar surface area (TPSA) is 43.6 Å². The van der Waals surface area contributed by atoms with E-state index in [0.29, 0.717) is 17.1 Å². The second-order valence-electron chi connectivity index (χ2n) is 2.93. The Morgan fingerprint density at radius 2 is 2.47 bits per heavy atom. The molecule has 78 valence electrons. The molecule has 0 radical (unpaired) electrons. The van der Waals surface area contributed by atoms with Crippen LogP contribution < -0.4 is 0 Å². The average molecular weight is 225 g/mol. The molecule has 0 atom stereocenters. The zero-order chi connectivity index (χ0) is 10.8. The van der Waals surface area contributed by atoms with Crippen LogP contribution in [-0.2, 0) is 4.74 Å². The molecule has 5 heteroatoms. The Kier molecular flexibility index (Phi) is 2.60. The third-order valence-corrected chi connectivity index (χ3v) is 2.28. The summed E-state index contributed by atoms with van der Waals surface area (Å²) in [5, 5.41) is 0.484. The molecule has 0 saturated heterocycles. The summed E-state index contributed by atoms with van der Waals surface area (Å²) in [4.78, 5) is 15.5. The minimum Gasteiger partial charge on any atom is -0.461 e. The highest BCUT2D eigenvalue weighted by Crippen LogP contribution is 2.20. The van der Waals surface area contributed by atoms with Gasteiger partial charge in [0, 0.05) is 6.20 Å². The molecule has 15 heavy (non-hydrogen) atoms. The first-order valence-electron chi connectivity index (χ1n) is 4.52. The number of pyridine rings is 1. The molecule has 0 spiro atoms. The van der Waals surface area contributed by atoms with Crippen LogP contribution in [0.2, 0.25) is 5.02 Å². The lowest BCUT2D eigenvalue weighted by atomic mass is 10.3. The van der Waals surface area contributed by atoms with Crippen molar-refractivity contribution in [3.63, 3.8) is 0 Å². The highest BCUT2D eigenvalue weighted by molar-refractivity contribution is 6.34. The zero-order valence-electron chi connectivity index (χ0n) is 8.11. The molecule has 0 amide bonds. The quantitative estimate of drug-likeness (QED) is 0.735. The maximum absolute atomic E-state index is 11.5. The standard InChI is InChI=1S/C10H9ClN2O2/c1-2-15-10(14)8-9-7(11)4-3-5-13(9)6-12-8/h3-6H,2H2,1H3. The highest BCUT2D eigenvalue weighted by atomic mass is 35.5. The third-order valence-electron chi connectivity index (χ3n) is 1.98. The van der Waals surface area contributed by atoms with Crippen LogP contribution in [-0.4, -0.2) is 22.0 Å². The van der Waals surface area contributed by atoms with Crippen molar-refractivity contribution < 1.29 is 9.53 Å². The molecule has 0 bridgehead atoms. The van der Waals surface area contributed by atoms with Crippen molar-refractivity contribution in [3.8, 4) is 0 Å². The number of carbonyl (C=O) groups excluding carboxylic acids is 1. The van der Waals surface area contributed by atoms with Crippen molar-refractivity contribution in [1.82, 2.24) is 9.38 Å². The fourth-order valence-electron chi connectivity index (χ4n) is 1.36. The molecule has 4 nitrogen and oxygen atoms in total. The monoisotopic (exact) mass is 224 g/mol. The molecular weight excluding hydrogens is 216 g/mol. The first-order valence-corrected chi connectivity index (χ1v) is 4.90. The average Bonchev–Trinajstić information content (AvgIpc) is 2.63. The minimum atomic E-state index is -0.451. The first-order chi connectivity index (χ1) is 7.24. The van der Waals surface area contributed by atoms with Crippen LogP contribution in [0.5, 0.6) is 0 Å². The molecule has 0 aromatic carbocycles. The molecule has 0 aliphatic heterocycles. The van der Waals surface area contributed by atoms with Gasteiger partial charge in [0.1, 0.15) is 6.33 Å². The number of esters is 1. The van der Waals surface area contributed by atoms with Gasteiger partial charge in [0.15, 0.2) is 5.69 Å². The van der Waals surface area contributed by atoms with Gasteiger partial charge in [0.2, 0.25) is 0 Å². The summed E-state index contributed by atoms with van der Waals surface area (Å²) in [5.74, 6) is -0.451. The number of carbonyl (C=O) groups is 1. The number of hydrogen-bond acceptors (Lipinski definition) is 3. The van der Waals surface area contributed by atoms with Crippen molar-refractivity contribution >= 4 is 23.1 Å². The van der Waals surface area contributed by atoms with Gasteiger partial charge in [-0.05, 0) is 19.1 Å². The van der Waals surface area contributed by atoms with Crippen molar-refractivity contribution in [2.75, 3.05) is 6.61 Å². The van der Waals surface area contributed by atoms with E-state index < -0.39 is 5.97 Å². The maximum atomic E-state index is 11.5. The van der Waals surface area contributed by atoms with Gasteiger partial charge in [-0.15, -0.1) is 0 Å². The fourth-order valence-corrected chi connectivity index (χ4v) is 1.62. The van der Waals surface area contributed by atoms with Crippen molar-refractivity contribution in [2.45, 2.75) is 6.92 Å². The van der Waals surface area contributed by atoms with Gasteiger partial charge in [-0.1, -0.05) is 11.6 Å². The Balaban J connectivity index is 2.57. The van der Waals surface area contributed by atoms with Crippen LogP contribution in [0.15, 0.2) is 24.7 Å². The summed E-state index contributed by atoms with van der Waals surface area (Å²) in [7, 11) is 0. The summed E-state index contributed by atoms with van der Waals surface area (Å²) < 4.78 is 6.57. The molecule has 0 aliphatic rings. The lowest BCUT2D eigenvalue weighted by Gasteiger charge is -2.00. The molecule has 2 rings (SSSR count). The van der Waals surface area contributed by atoms with Crippen molar-refractivity contribution in [1.29, 1.82) is 0 Å². The van der Waals surface area contributed by atoms with Gasteiger partial charge >= 0.3 is 5.97 Å². The second-order valence-corrected chi connectivity index (χ2v) is 3.33. The van der Waals surface area contributed by atoms with Crippen molar-refractivity contribution in [3.05, 3.63) is 35.4 Å². The summed E-state index contributed by atoms with van der Waals surface area (Å²) in [6.45, 7) is 2.07. The molecule has 2 aromatic heterocycles. The molecule has 0 aliphatic carbocycles. The zero-order valence-corrected chi connectivity index (χ0v) is 8.86. The van der Waals surface area contributed by atoms with E-state index >= 15 is 0 Å². The number of imidazole rings is 1. The van der Waals surface area contributed by atoms with Crippen LogP contribution in [0.25, 0.3) is 5.52 Å². The summed E-state index contributed by atoms with van der Waals surface area (Å²) >= 11 is 5.98. The number of fused-ring (bicyclic) bond motifs is 1. The van der Waals surface area contributed by atoms with Crippen LogP contribution in [0.4, 0.5) is 0 Å². The second kappa shape index (κ2) is 3.90. The smallest absolute Gasteiger partial charge is 0.359 e. The normalized spacial score (nSPS) is 10.5. The predicted molar refractivity (Wildman–Crippen MR) is 56.2 cm³/mol. The van der Waals surface area contributed by atoms with E-state index in [-0.39, 0.29) is 5.69 Å². The lowest BCUT2D eigenvalue weighted by Crippen LogP contribution is -2.05. The fraction of sp³-hybridized carbons (Fsp3) is 0.200. The largest absolute Gasteiger partial charge is 0.461 e. The highest BCUT2D eigenvalue weighted by Gasteiger charge is 2.16. The molecule has 2 heterocycles. The van der Waals surface area contributed by atoms with Crippen LogP contribution >= 0.6 is 11.6 Å². The first kappa shape index (κ1) is 9.98. The van der Waals surface area contributed by atoms with E-state index in [2.05, 4.69) is 4.98 Å².